The average molecular weight is 326 g/mol. The smallest absolute Gasteiger partial charge is 0.295 e. The average Bonchev–Trinajstić information content (AvgIpc) is 3.00. The fourth-order valence-electron chi connectivity index (χ4n) is 2.53. The summed E-state index contributed by atoms with van der Waals surface area (Å²) in [5.41, 5.74) is 0.814. The van der Waals surface area contributed by atoms with Crippen molar-refractivity contribution in [3.63, 3.8) is 0 Å². The van der Waals surface area contributed by atoms with Gasteiger partial charge in [0.15, 0.2) is 0 Å². The third-order valence-electron chi connectivity index (χ3n) is 3.71. The van der Waals surface area contributed by atoms with Gasteiger partial charge in [-0.05, 0) is 17.7 Å². The molecule has 0 saturated heterocycles. The highest BCUT2D eigenvalue weighted by atomic mass is 19.1. The van der Waals surface area contributed by atoms with Crippen molar-refractivity contribution in [3.05, 3.63) is 88.2 Å². The van der Waals surface area contributed by atoms with E-state index in [-0.39, 0.29) is 11.4 Å². The van der Waals surface area contributed by atoms with Crippen LogP contribution in [0, 0.1) is 15.9 Å². The minimum Gasteiger partial charge on any atom is -0.366 e. The fraction of sp³-hybridized carbons (Fsp3) is 0.118. The summed E-state index contributed by atoms with van der Waals surface area (Å²) in [7, 11) is 1.85. The zero-order valence-corrected chi connectivity index (χ0v) is 12.9. The van der Waals surface area contributed by atoms with Gasteiger partial charge in [-0.25, -0.2) is 9.37 Å². The summed E-state index contributed by atoms with van der Waals surface area (Å²) >= 11 is 0. The molecule has 122 valence electrons. The second-order valence-electron chi connectivity index (χ2n) is 5.30. The second-order valence-corrected chi connectivity index (χ2v) is 5.30. The van der Waals surface area contributed by atoms with Gasteiger partial charge in [-0.15, -0.1) is 0 Å². The number of nitrogens with one attached hydrogen (secondary N) is 1. The van der Waals surface area contributed by atoms with Gasteiger partial charge >= 0.3 is 0 Å². The van der Waals surface area contributed by atoms with Gasteiger partial charge in [0.2, 0.25) is 0 Å². The molecule has 1 atom stereocenters. The molecule has 0 aliphatic rings. The number of imidazole rings is 1. The van der Waals surface area contributed by atoms with E-state index in [2.05, 4.69) is 10.3 Å². The van der Waals surface area contributed by atoms with Crippen LogP contribution in [0.4, 0.5) is 15.8 Å². The quantitative estimate of drug-likeness (QED) is 0.573. The van der Waals surface area contributed by atoms with E-state index in [0.29, 0.717) is 5.82 Å². The van der Waals surface area contributed by atoms with E-state index in [0.717, 1.165) is 11.6 Å². The van der Waals surface area contributed by atoms with Crippen molar-refractivity contribution in [3.8, 4) is 0 Å². The van der Waals surface area contributed by atoms with Gasteiger partial charge in [-0.3, -0.25) is 10.1 Å². The number of nitro groups is 1. The van der Waals surface area contributed by atoms with E-state index in [4.69, 9.17) is 0 Å². The molecule has 1 aromatic heterocycles. The Kier molecular flexibility index (Phi) is 4.24. The van der Waals surface area contributed by atoms with Crippen LogP contribution in [0.15, 0.2) is 60.9 Å². The molecule has 0 aliphatic heterocycles. The molecule has 1 heterocycles. The van der Waals surface area contributed by atoms with Gasteiger partial charge in [-0.2, -0.15) is 0 Å². The summed E-state index contributed by atoms with van der Waals surface area (Å²) in [6.45, 7) is 0. The van der Waals surface area contributed by atoms with E-state index in [1.54, 1.807) is 12.4 Å². The Morgan fingerprint density at radius 1 is 1.25 bits per heavy atom. The zero-order chi connectivity index (χ0) is 17.1. The van der Waals surface area contributed by atoms with Gasteiger partial charge in [0, 0.05) is 19.4 Å². The molecule has 24 heavy (non-hydrogen) atoms. The van der Waals surface area contributed by atoms with E-state index in [1.807, 2.05) is 41.9 Å². The summed E-state index contributed by atoms with van der Waals surface area (Å²) < 4.78 is 15.2. The second kappa shape index (κ2) is 6.49. The van der Waals surface area contributed by atoms with Crippen molar-refractivity contribution in [2.75, 3.05) is 5.32 Å². The first-order valence-electron chi connectivity index (χ1n) is 7.29. The van der Waals surface area contributed by atoms with Crippen LogP contribution >= 0.6 is 0 Å². The highest BCUT2D eigenvalue weighted by Gasteiger charge is 2.23. The van der Waals surface area contributed by atoms with Crippen molar-refractivity contribution >= 4 is 11.4 Å². The molecule has 0 saturated carbocycles. The first-order valence-corrected chi connectivity index (χ1v) is 7.29. The molecule has 0 spiro atoms. The zero-order valence-electron chi connectivity index (χ0n) is 12.9. The molecule has 6 nitrogen and oxygen atoms in total. The van der Waals surface area contributed by atoms with Crippen molar-refractivity contribution in [2.45, 2.75) is 6.04 Å². The Hall–Kier alpha value is -3.22. The Morgan fingerprint density at radius 2 is 2.00 bits per heavy atom. The molecule has 2 aromatic carbocycles. The van der Waals surface area contributed by atoms with Crippen molar-refractivity contribution in [2.24, 2.45) is 7.05 Å². The first-order chi connectivity index (χ1) is 11.6. The molecule has 0 amide bonds. The van der Waals surface area contributed by atoms with Crippen LogP contribution in [0.1, 0.15) is 17.4 Å². The van der Waals surface area contributed by atoms with E-state index in [9.17, 15) is 14.5 Å². The molecule has 0 radical (unpaired) electrons. The van der Waals surface area contributed by atoms with Crippen LogP contribution in [0.3, 0.4) is 0 Å². The highest BCUT2D eigenvalue weighted by Crippen LogP contribution is 2.31. The third kappa shape index (κ3) is 3.10. The van der Waals surface area contributed by atoms with Gasteiger partial charge in [-0.1, -0.05) is 30.3 Å². The van der Waals surface area contributed by atoms with Crippen LogP contribution in [-0.2, 0) is 7.05 Å². The van der Waals surface area contributed by atoms with Gasteiger partial charge in [0.05, 0.1) is 11.0 Å². The van der Waals surface area contributed by atoms with Crippen molar-refractivity contribution in [1.29, 1.82) is 0 Å². The van der Waals surface area contributed by atoms with Gasteiger partial charge < -0.3 is 9.88 Å². The van der Waals surface area contributed by atoms with E-state index in [1.165, 1.54) is 12.1 Å². The monoisotopic (exact) mass is 326 g/mol. The number of anilines is 1. The molecular weight excluding hydrogens is 311 g/mol. The van der Waals surface area contributed by atoms with E-state index < -0.39 is 16.8 Å². The predicted octanol–water partition coefficient (Wildman–Crippen LogP) is 3.67. The minimum absolute atomic E-state index is 0.234. The largest absolute Gasteiger partial charge is 0.366 e. The lowest BCUT2D eigenvalue weighted by Gasteiger charge is -2.20. The Balaban J connectivity index is 2.06. The van der Waals surface area contributed by atoms with Crippen LogP contribution in [0.25, 0.3) is 0 Å². The number of aromatic nitrogens is 2. The molecular formula is C17H15FN4O2. The maximum Gasteiger partial charge on any atom is 0.295 e. The summed E-state index contributed by atoms with van der Waals surface area (Å²) in [6, 6.07) is 12.5. The molecule has 0 aliphatic carbocycles. The summed E-state index contributed by atoms with van der Waals surface area (Å²) in [6.07, 6.45) is 3.46. The summed E-state index contributed by atoms with van der Waals surface area (Å²) in [4.78, 5) is 15.0. The first kappa shape index (κ1) is 15.7. The van der Waals surface area contributed by atoms with Gasteiger partial charge in [0.1, 0.15) is 23.4 Å². The van der Waals surface area contributed by atoms with Crippen LogP contribution in [0.5, 0.6) is 0 Å². The number of hydrogen-bond donors (Lipinski definition) is 1. The molecule has 0 fully saturated rings. The topological polar surface area (TPSA) is 73.0 Å². The van der Waals surface area contributed by atoms with Gasteiger partial charge in [0.25, 0.3) is 5.69 Å². The number of aryl methyl sites for hydroxylation is 1. The lowest BCUT2D eigenvalue weighted by molar-refractivity contribution is -0.384. The molecule has 0 bridgehead atoms. The Labute approximate surface area is 137 Å². The van der Waals surface area contributed by atoms with E-state index >= 15 is 0 Å². The number of halogens is 1. The number of nitro benzene ring substituents is 1. The Morgan fingerprint density at radius 3 is 2.62 bits per heavy atom. The molecule has 3 rings (SSSR count). The highest BCUT2D eigenvalue weighted by molar-refractivity contribution is 5.63. The molecule has 3 aromatic rings. The standard InChI is InChI=1S/C17H15FN4O2/c1-21-10-9-19-17(21)16(12-5-3-2-4-6-12)20-14-8-7-13(18)11-15(14)22(23)24/h2-11,16,20H,1H3. The van der Waals surface area contributed by atoms with Crippen LogP contribution in [0.2, 0.25) is 0 Å². The number of nitrogens with zero attached hydrogens (tertiary/aromatic N) is 3. The number of hydrogen-bond acceptors (Lipinski definition) is 4. The number of benzene rings is 2. The summed E-state index contributed by atoms with van der Waals surface area (Å²) in [5.74, 6) is 0.0420. The minimum atomic E-state index is -0.652. The molecule has 1 N–H and O–H groups in total. The number of rotatable bonds is 5. The van der Waals surface area contributed by atoms with Crippen molar-refractivity contribution in [1.82, 2.24) is 9.55 Å². The molecule has 1 unspecified atom stereocenters. The lowest BCUT2D eigenvalue weighted by atomic mass is 10.1. The maximum absolute atomic E-state index is 13.4. The fourth-order valence-corrected chi connectivity index (χ4v) is 2.53. The SMILES string of the molecule is Cn1ccnc1C(Nc1ccc(F)cc1[N+](=O)[O-])c1ccccc1. The predicted molar refractivity (Wildman–Crippen MR) is 88.2 cm³/mol. The normalized spacial score (nSPS) is 11.9. The van der Waals surface area contributed by atoms with Crippen LogP contribution < -0.4 is 5.32 Å². The van der Waals surface area contributed by atoms with Crippen LogP contribution in [-0.4, -0.2) is 14.5 Å². The summed E-state index contributed by atoms with van der Waals surface area (Å²) in [5, 5.41) is 14.3. The third-order valence-corrected chi connectivity index (χ3v) is 3.71. The van der Waals surface area contributed by atoms with Crippen molar-refractivity contribution < 1.29 is 9.31 Å². The lowest BCUT2D eigenvalue weighted by Crippen LogP contribution is -2.17. The molecule has 7 heteroatoms. The Bertz CT molecular complexity index is 864. The maximum atomic E-state index is 13.4.